The third kappa shape index (κ3) is 2.93. The predicted octanol–water partition coefficient (Wildman–Crippen LogP) is 3.47. The number of rotatable bonds is 5. The number of aromatic carboxylic acids is 1. The maximum atomic E-state index is 10.9. The fourth-order valence-corrected chi connectivity index (χ4v) is 2.17. The second-order valence-electron chi connectivity index (χ2n) is 4.09. The van der Waals surface area contributed by atoms with E-state index in [2.05, 4.69) is 0 Å². The first-order valence-corrected chi connectivity index (χ1v) is 6.18. The average Bonchev–Trinajstić information content (AvgIpc) is 2.80. The summed E-state index contributed by atoms with van der Waals surface area (Å²) in [6, 6.07) is 11.1. The van der Waals surface area contributed by atoms with Gasteiger partial charge in [0.05, 0.1) is 0 Å². The van der Waals surface area contributed by atoms with Crippen LogP contribution in [-0.2, 0) is 13.0 Å². The molecule has 0 spiro atoms. The van der Waals surface area contributed by atoms with Gasteiger partial charge in [-0.2, -0.15) is 0 Å². The molecule has 0 unspecified atom stereocenters. The smallest absolute Gasteiger partial charge is 0.352 e. The lowest BCUT2D eigenvalue weighted by atomic mass is 10.1. The number of carboxylic acid groups (broad SMARTS) is 1. The van der Waals surface area contributed by atoms with Gasteiger partial charge in [-0.25, -0.2) is 4.79 Å². The summed E-state index contributed by atoms with van der Waals surface area (Å²) >= 11 is 6.07. The second-order valence-corrected chi connectivity index (χ2v) is 4.49. The van der Waals surface area contributed by atoms with Crippen molar-refractivity contribution in [2.24, 2.45) is 0 Å². The van der Waals surface area contributed by atoms with Crippen molar-refractivity contribution in [3.05, 3.63) is 58.9 Å². The fourth-order valence-electron chi connectivity index (χ4n) is 1.94. The van der Waals surface area contributed by atoms with E-state index in [4.69, 9.17) is 16.7 Å². The second kappa shape index (κ2) is 5.74. The van der Waals surface area contributed by atoms with Gasteiger partial charge in [0.1, 0.15) is 5.69 Å². The van der Waals surface area contributed by atoms with Gasteiger partial charge < -0.3 is 9.67 Å². The molecule has 0 radical (unpaired) electrons. The van der Waals surface area contributed by atoms with E-state index in [0.29, 0.717) is 12.2 Å². The number of carboxylic acids is 1. The summed E-state index contributed by atoms with van der Waals surface area (Å²) in [4.78, 5) is 10.9. The molecule has 0 aliphatic heterocycles. The first-order chi connectivity index (χ1) is 8.68. The van der Waals surface area contributed by atoms with Crippen LogP contribution in [0.25, 0.3) is 0 Å². The van der Waals surface area contributed by atoms with E-state index in [9.17, 15) is 4.79 Å². The van der Waals surface area contributed by atoms with Crippen molar-refractivity contribution in [2.45, 2.75) is 19.4 Å². The summed E-state index contributed by atoms with van der Waals surface area (Å²) < 4.78 is 1.75. The Bertz CT molecular complexity index is 548. The Balaban J connectivity index is 1.95. The quantitative estimate of drug-likeness (QED) is 0.897. The Morgan fingerprint density at radius 2 is 2.00 bits per heavy atom. The Morgan fingerprint density at radius 1 is 1.22 bits per heavy atom. The first kappa shape index (κ1) is 12.7. The van der Waals surface area contributed by atoms with Gasteiger partial charge in [0.15, 0.2) is 0 Å². The molecule has 1 aromatic heterocycles. The van der Waals surface area contributed by atoms with Crippen molar-refractivity contribution in [1.29, 1.82) is 0 Å². The molecule has 0 atom stereocenters. The number of aromatic nitrogens is 1. The molecule has 2 aromatic rings. The molecule has 0 aliphatic carbocycles. The zero-order chi connectivity index (χ0) is 13.0. The number of benzene rings is 1. The van der Waals surface area contributed by atoms with Crippen LogP contribution in [0.3, 0.4) is 0 Å². The van der Waals surface area contributed by atoms with Crippen LogP contribution in [-0.4, -0.2) is 15.6 Å². The Morgan fingerprint density at radius 3 is 2.72 bits per heavy atom. The first-order valence-electron chi connectivity index (χ1n) is 5.80. The van der Waals surface area contributed by atoms with Crippen molar-refractivity contribution in [1.82, 2.24) is 4.57 Å². The third-order valence-corrected chi connectivity index (χ3v) is 3.22. The van der Waals surface area contributed by atoms with Gasteiger partial charge in [-0.1, -0.05) is 29.8 Å². The van der Waals surface area contributed by atoms with E-state index in [0.717, 1.165) is 23.4 Å². The maximum Gasteiger partial charge on any atom is 0.352 e. The molecule has 94 valence electrons. The normalized spacial score (nSPS) is 10.5. The minimum Gasteiger partial charge on any atom is -0.477 e. The summed E-state index contributed by atoms with van der Waals surface area (Å²) in [7, 11) is 0. The molecule has 1 N–H and O–H groups in total. The van der Waals surface area contributed by atoms with Crippen LogP contribution in [0.2, 0.25) is 5.02 Å². The zero-order valence-corrected chi connectivity index (χ0v) is 10.6. The fraction of sp³-hybridized carbons (Fsp3) is 0.214. The molecular formula is C14H14ClNO2. The van der Waals surface area contributed by atoms with Crippen LogP contribution in [0.15, 0.2) is 42.6 Å². The molecule has 18 heavy (non-hydrogen) atoms. The van der Waals surface area contributed by atoms with E-state index in [1.165, 1.54) is 0 Å². The van der Waals surface area contributed by atoms with Crippen LogP contribution in [0.4, 0.5) is 0 Å². The molecule has 0 amide bonds. The summed E-state index contributed by atoms with van der Waals surface area (Å²) in [5, 5.41) is 9.74. The lowest BCUT2D eigenvalue weighted by Gasteiger charge is -2.07. The zero-order valence-electron chi connectivity index (χ0n) is 9.84. The molecule has 0 saturated heterocycles. The van der Waals surface area contributed by atoms with Gasteiger partial charge in [-0.15, -0.1) is 0 Å². The highest BCUT2D eigenvalue weighted by Gasteiger charge is 2.08. The van der Waals surface area contributed by atoms with Crippen molar-refractivity contribution in [3.8, 4) is 0 Å². The topological polar surface area (TPSA) is 42.2 Å². The van der Waals surface area contributed by atoms with Gasteiger partial charge in [0, 0.05) is 17.8 Å². The molecule has 0 bridgehead atoms. The molecule has 0 fully saturated rings. The number of hydrogen-bond acceptors (Lipinski definition) is 1. The van der Waals surface area contributed by atoms with Gasteiger partial charge in [-0.05, 0) is 36.6 Å². The standard InChI is InChI=1S/C14H14ClNO2/c15-12-7-2-1-5-11(12)6-3-9-16-10-4-8-13(16)14(17)18/h1-2,4-5,7-8,10H,3,6,9H2,(H,17,18). The summed E-state index contributed by atoms with van der Waals surface area (Å²) in [6.45, 7) is 0.680. The third-order valence-electron chi connectivity index (χ3n) is 2.85. The monoisotopic (exact) mass is 263 g/mol. The van der Waals surface area contributed by atoms with Crippen molar-refractivity contribution in [2.75, 3.05) is 0 Å². The molecule has 2 rings (SSSR count). The van der Waals surface area contributed by atoms with Crippen LogP contribution in [0.5, 0.6) is 0 Å². The Kier molecular flexibility index (Phi) is 4.05. The molecular weight excluding hydrogens is 250 g/mol. The summed E-state index contributed by atoms with van der Waals surface area (Å²) in [5.41, 5.74) is 1.43. The molecule has 1 aromatic carbocycles. The Labute approximate surface area is 111 Å². The van der Waals surface area contributed by atoms with Crippen LogP contribution >= 0.6 is 11.6 Å². The van der Waals surface area contributed by atoms with Crippen LogP contribution in [0, 0.1) is 0 Å². The minimum absolute atomic E-state index is 0.328. The van der Waals surface area contributed by atoms with E-state index in [1.807, 2.05) is 24.3 Å². The van der Waals surface area contributed by atoms with Gasteiger partial charge in [0.2, 0.25) is 0 Å². The van der Waals surface area contributed by atoms with Crippen molar-refractivity contribution < 1.29 is 9.90 Å². The largest absolute Gasteiger partial charge is 0.477 e. The predicted molar refractivity (Wildman–Crippen MR) is 71.2 cm³/mol. The molecule has 0 saturated carbocycles. The van der Waals surface area contributed by atoms with E-state index in [1.54, 1.807) is 22.9 Å². The summed E-state index contributed by atoms with van der Waals surface area (Å²) in [6.07, 6.45) is 3.49. The van der Waals surface area contributed by atoms with Gasteiger partial charge >= 0.3 is 5.97 Å². The number of nitrogens with zero attached hydrogens (tertiary/aromatic N) is 1. The number of aryl methyl sites for hydroxylation is 2. The molecule has 0 aliphatic rings. The van der Waals surface area contributed by atoms with Gasteiger partial charge in [0.25, 0.3) is 0 Å². The Hall–Kier alpha value is -1.74. The van der Waals surface area contributed by atoms with E-state index < -0.39 is 5.97 Å². The van der Waals surface area contributed by atoms with Crippen LogP contribution in [0.1, 0.15) is 22.5 Å². The molecule has 3 nitrogen and oxygen atoms in total. The van der Waals surface area contributed by atoms with Crippen molar-refractivity contribution in [3.63, 3.8) is 0 Å². The van der Waals surface area contributed by atoms with Gasteiger partial charge in [-0.3, -0.25) is 0 Å². The average molecular weight is 264 g/mol. The number of hydrogen-bond donors (Lipinski definition) is 1. The lowest BCUT2D eigenvalue weighted by molar-refractivity contribution is 0.0685. The van der Waals surface area contributed by atoms with Crippen molar-refractivity contribution >= 4 is 17.6 Å². The highest BCUT2D eigenvalue weighted by Crippen LogP contribution is 2.17. The highest BCUT2D eigenvalue weighted by atomic mass is 35.5. The SMILES string of the molecule is O=C(O)c1cccn1CCCc1ccccc1Cl. The number of halogens is 1. The highest BCUT2D eigenvalue weighted by molar-refractivity contribution is 6.31. The minimum atomic E-state index is -0.891. The van der Waals surface area contributed by atoms with Crippen LogP contribution < -0.4 is 0 Å². The maximum absolute atomic E-state index is 10.9. The van der Waals surface area contributed by atoms with E-state index >= 15 is 0 Å². The summed E-state index contributed by atoms with van der Waals surface area (Å²) in [5.74, 6) is -0.891. The molecule has 4 heteroatoms. The lowest BCUT2D eigenvalue weighted by Crippen LogP contribution is -2.08. The van der Waals surface area contributed by atoms with E-state index in [-0.39, 0.29) is 0 Å². The molecule has 1 heterocycles. The number of carbonyl (C=O) groups is 1.